The van der Waals surface area contributed by atoms with Crippen LogP contribution in [-0.2, 0) is 4.79 Å². The van der Waals surface area contributed by atoms with E-state index >= 15 is 0 Å². The van der Waals surface area contributed by atoms with E-state index in [2.05, 4.69) is 15.3 Å². The molecule has 5 nitrogen and oxygen atoms in total. The number of nitrogens with zero attached hydrogens (tertiary/aromatic N) is 3. The number of rotatable bonds is 6. The second-order valence-electron chi connectivity index (χ2n) is 4.65. The smallest absolute Gasteiger partial charge is 0.225 e. The van der Waals surface area contributed by atoms with Gasteiger partial charge in [0.2, 0.25) is 11.2 Å². The van der Waals surface area contributed by atoms with Crippen molar-refractivity contribution < 1.29 is 4.79 Å². The summed E-state index contributed by atoms with van der Waals surface area (Å²) in [6.07, 6.45) is 4.36. The first-order chi connectivity index (χ1) is 9.08. The molecular formula is C12H16Cl2N4O. The first-order valence-corrected chi connectivity index (χ1v) is 7.00. The van der Waals surface area contributed by atoms with Crippen LogP contribution in [0.4, 0.5) is 5.82 Å². The number of nitrogens with one attached hydrogen (secondary N) is 1. The Labute approximate surface area is 122 Å². The third-order valence-corrected chi connectivity index (χ3v) is 3.44. The molecule has 1 amide bonds. The number of hydrogen-bond acceptors (Lipinski definition) is 4. The van der Waals surface area contributed by atoms with Gasteiger partial charge >= 0.3 is 0 Å². The van der Waals surface area contributed by atoms with Crippen molar-refractivity contribution in [3.05, 3.63) is 16.5 Å². The van der Waals surface area contributed by atoms with Crippen LogP contribution in [0.1, 0.15) is 19.3 Å². The molecule has 1 heterocycles. The molecule has 0 radical (unpaired) electrons. The third-order valence-electron chi connectivity index (χ3n) is 2.98. The second kappa shape index (κ2) is 6.39. The predicted octanol–water partition coefficient (Wildman–Crippen LogP) is 2.45. The van der Waals surface area contributed by atoms with E-state index in [1.54, 1.807) is 4.90 Å². The Balaban J connectivity index is 1.71. The number of anilines is 1. The summed E-state index contributed by atoms with van der Waals surface area (Å²) >= 11 is 11.6. The van der Waals surface area contributed by atoms with E-state index in [0.29, 0.717) is 17.4 Å². The minimum atomic E-state index is 0.160. The lowest BCUT2D eigenvalue weighted by Gasteiger charge is -2.17. The summed E-state index contributed by atoms with van der Waals surface area (Å²) in [4.78, 5) is 21.3. The molecule has 1 N–H and O–H groups in total. The van der Waals surface area contributed by atoms with Gasteiger partial charge in [-0.2, -0.15) is 4.98 Å². The summed E-state index contributed by atoms with van der Waals surface area (Å²) in [6, 6.07) is 0. The summed E-state index contributed by atoms with van der Waals surface area (Å²) in [6.45, 7) is 1.40. The van der Waals surface area contributed by atoms with Gasteiger partial charge in [0.1, 0.15) is 10.8 Å². The first kappa shape index (κ1) is 14.3. The largest absolute Gasteiger partial charge is 0.369 e. The minimum Gasteiger partial charge on any atom is -0.369 e. The Morgan fingerprint density at radius 1 is 1.53 bits per heavy atom. The monoisotopic (exact) mass is 302 g/mol. The molecule has 0 aliphatic heterocycles. The van der Waals surface area contributed by atoms with E-state index in [1.165, 1.54) is 6.20 Å². The highest BCUT2D eigenvalue weighted by molar-refractivity contribution is 6.33. The van der Waals surface area contributed by atoms with Crippen molar-refractivity contribution in [3.63, 3.8) is 0 Å². The molecule has 0 spiro atoms. The standard InChI is InChI=1S/C12H16Cl2N4O/c1-18(11(19)8-3-4-8)6-2-5-15-10-9(13)7-16-12(14)17-10/h7-8H,2-6H2,1H3,(H,15,16,17). The van der Waals surface area contributed by atoms with Crippen molar-refractivity contribution >= 4 is 34.9 Å². The average Bonchev–Trinajstić information content (AvgIpc) is 3.21. The van der Waals surface area contributed by atoms with Crippen LogP contribution in [0.25, 0.3) is 0 Å². The Kier molecular flexibility index (Phi) is 4.82. The van der Waals surface area contributed by atoms with Gasteiger partial charge in [-0.15, -0.1) is 0 Å². The van der Waals surface area contributed by atoms with Crippen molar-refractivity contribution in [2.75, 3.05) is 25.5 Å². The van der Waals surface area contributed by atoms with E-state index in [4.69, 9.17) is 23.2 Å². The molecule has 0 aromatic carbocycles. The molecule has 1 aliphatic carbocycles. The normalized spacial score (nSPS) is 14.3. The molecule has 0 saturated heterocycles. The quantitative estimate of drug-likeness (QED) is 0.648. The van der Waals surface area contributed by atoms with E-state index in [-0.39, 0.29) is 17.1 Å². The molecule has 19 heavy (non-hydrogen) atoms. The lowest BCUT2D eigenvalue weighted by Crippen LogP contribution is -2.30. The lowest BCUT2D eigenvalue weighted by molar-refractivity contribution is -0.131. The SMILES string of the molecule is CN(CCCNc1nc(Cl)ncc1Cl)C(=O)C1CC1. The maximum atomic E-state index is 11.7. The number of carbonyl (C=O) groups is 1. The molecule has 7 heteroatoms. The predicted molar refractivity (Wildman–Crippen MR) is 75.5 cm³/mol. The molecule has 1 fully saturated rings. The van der Waals surface area contributed by atoms with Gasteiger partial charge in [0.15, 0.2) is 0 Å². The van der Waals surface area contributed by atoms with Crippen LogP contribution in [0, 0.1) is 5.92 Å². The van der Waals surface area contributed by atoms with Crippen molar-refractivity contribution in [1.82, 2.24) is 14.9 Å². The van der Waals surface area contributed by atoms with Crippen LogP contribution in [-0.4, -0.2) is 40.9 Å². The Hall–Kier alpha value is -1.07. The van der Waals surface area contributed by atoms with Crippen LogP contribution in [0.5, 0.6) is 0 Å². The molecule has 0 atom stereocenters. The summed E-state index contributed by atoms with van der Waals surface area (Å²) in [5.41, 5.74) is 0. The highest BCUT2D eigenvalue weighted by Crippen LogP contribution is 2.30. The van der Waals surface area contributed by atoms with Crippen LogP contribution >= 0.6 is 23.2 Å². The molecule has 0 unspecified atom stereocenters. The van der Waals surface area contributed by atoms with Gasteiger partial charge in [0.25, 0.3) is 0 Å². The van der Waals surface area contributed by atoms with Crippen molar-refractivity contribution in [2.45, 2.75) is 19.3 Å². The maximum Gasteiger partial charge on any atom is 0.225 e. The van der Waals surface area contributed by atoms with Gasteiger partial charge in [-0.05, 0) is 30.9 Å². The average molecular weight is 303 g/mol. The fourth-order valence-corrected chi connectivity index (χ4v) is 2.04. The van der Waals surface area contributed by atoms with E-state index in [1.807, 2.05) is 7.05 Å². The maximum absolute atomic E-state index is 11.7. The van der Waals surface area contributed by atoms with Crippen LogP contribution < -0.4 is 5.32 Å². The highest BCUT2D eigenvalue weighted by atomic mass is 35.5. The molecule has 104 valence electrons. The molecule has 1 aromatic rings. The van der Waals surface area contributed by atoms with Gasteiger partial charge in [-0.25, -0.2) is 4.98 Å². The van der Waals surface area contributed by atoms with E-state index in [0.717, 1.165) is 25.8 Å². The zero-order valence-corrected chi connectivity index (χ0v) is 12.2. The molecule has 1 aromatic heterocycles. The minimum absolute atomic E-state index is 0.160. The number of amides is 1. The zero-order valence-electron chi connectivity index (χ0n) is 10.7. The summed E-state index contributed by atoms with van der Waals surface area (Å²) in [5, 5.41) is 3.68. The molecule has 1 saturated carbocycles. The Bertz CT molecular complexity index is 465. The van der Waals surface area contributed by atoms with Gasteiger partial charge in [-0.1, -0.05) is 11.6 Å². The van der Waals surface area contributed by atoms with E-state index < -0.39 is 0 Å². The molecule has 2 rings (SSSR count). The molecular weight excluding hydrogens is 287 g/mol. The topological polar surface area (TPSA) is 58.1 Å². The van der Waals surface area contributed by atoms with Crippen LogP contribution in [0.3, 0.4) is 0 Å². The Morgan fingerprint density at radius 2 is 2.26 bits per heavy atom. The van der Waals surface area contributed by atoms with Gasteiger partial charge in [-0.3, -0.25) is 4.79 Å². The molecule has 1 aliphatic rings. The molecule has 0 bridgehead atoms. The van der Waals surface area contributed by atoms with Gasteiger partial charge < -0.3 is 10.2 Å². The number of carbonyl (C=O) groups excluding carboxylic acids is 1. The van der Waals surface area contributed by atoms with Crippen LogP contribution in [0.2, 0.25) is 10.3 Å². The van der Waals surface area contributed by atoms with Crippen molar-refractivity contribution in [1.29, 1.82) is 0 Å². The number of hydrogen-bond donors (Lipinski definition) is 1. The third kappa shape index (κ3) is 4.21. The number of halogens is 2. The first-order valence-electron chi connectivity index (χ1n) is 6.25. The highest BCUT2D eigenvalue weighted by Gasteiger charge is 2.31. The second-order valence-corrected chi connectivity index (χ2v) is 5.40. The zero-order chi connectivity index (χ0) is 13.8. The summed E-state index contributed by atoms with van der Waals surface area (Å²) in [7, 11) is 1.84. The van der Waals surface area contributed by atoms with Crippen molar-refractivity contribution in [2.24, 2.45) is 5.92 Å². The fourth-order valence-electron chi connectivity index (χ4n) is 1.74. The Morgan fingerprint density at radius 3 is 2.95 bits per heavy atom. The van der Waals surface area contributed by atoms with Gasteiger partial charge in [0.05, 0.1) is 6.20 Å². The summed E-state index contributed by atoms with van der Waals surface area (Å²) in [5.74, 6) is 1.05. The van der Waals surface area contributed by atoms with Gasteiger partial charge in [0, 0.05) is 26.1 Å². The lowest BCUT2D eigenvalue weighted by atomic mass is 10.3. The number of aromatic nitrogens is 2. The van der Waals surface area contributed by atoms with E-state index in [9.17, 15) is 4.79 Å². The summed E-state index contributed by atoms with van der Waals surface area (Å²) < 4.78 is 0. The fraction of sp³-hybridized carbons (Fsp3) is 0.583. The van der Waals surface area contributed by atoms with Crippen LogP contribution in [0.15, 0.2) is 6.20 Å². The van der Waals surface area contributed by atoms with Crippen molar-refractivity contribution in [3.8, 4) is 0 Å².